The molecule has 0 saturated carbocycles. The Morgan fingerprint density at radius 1 is 1.27 bits per heavy atom. The summed E-state index contributed by atoms with van der Waals surface area (Å²) in [5.41, 5.74) is 1.32. The topological polar surface area (TPSA) is 61.0 Å². The van der Waals surface area contributed by atoms with Crippen LogP contribution in [0.5, 0.6) is 0 Å². The smallest absolute Gasteiger partial charge is 0.373 e. The molecular formula is C15H13Cl2NO4. The fourth-order valence-corrected chi connectivity index (χ4v) is 2.24. The van der Waals surface area contributed by atoms with E-state index in [0.717, 1.165) is 5.56 Å². The summed E-state index contributed by atoms with van der Waals surface area (Å²) in [6, 6.07) is 8.24. The van der Waals surface area contributed by atoms with Crippen molar-refractivity contribution in [3.8, 4) is 0 Å². The highest BCUT2D eigenvalue weighted by Crippen LogP contribution is 2.21. The lowest BCUT2D eigenvalue weighted by Gasteiger charge is -2.04. The van der Waals surface area contributed by atoms with Crippen LogP contribution in [0.15, 0.2) is 39.9 Å². The van der Waals surface area contributed by atoms with Crippen molar-refractivity contribution >= 4 is 34.9 Å². The highest BCUT2D eigenvalue weighted by atomic mass is 35.5. The number of carbonyl (C=O) groups is 1. The van der Waals surface area contributed by atoms with Crippen LogP contribution in [0.1, 0.15) is 28.8 Å². The average molecular weight is 342 g/mol. The molecule has 0 unspecified atom stereocenters. The molecule has 0 bridgehead atoms. The molecule has 2 aromatic rings. The standard InChI is InChI=1S/C15H13Cl2NO4/c1-9(12-5-3-10(16)7-13(12)17)18-21-8-11-4-6-14(22-11)15(19)20-2/h3-7H,8H2,1-2H3/b18-9+. The Kier molecular flexibility index (Phi) is 5.46. The summed E-state index contributed by atoms with van der Waals surface area (Å²) in [6.07, 6.45) is 0. The summed E-state index contributed by atoms with van der Waals surface area (Å²) in [5.74, 6) is 0.0283. The summed E-state index contributed by atoms with van der Waals surface area (Å²) < 4.78 is 9.80. The van der Waals surface area contributed by atoms with Crippen molar-refractivity contribution in [1.29, 1.82) is 0 Å². The molecule has 0 fully saturated rings. The molecule has 0 atom stereocenters. The average Bonchev–Trinajstić information content (AvgIpc) is 2.95. The lowest BCUT2D eigenvalue weighted by atomic mass is 10.1. The number of hydrogen-bond donors (Lipinski definition) is 0. The van der Waals surface area contributed by atoms with E-state index in [1.165, 1.54) is 13.2 Å². The van der Waals surface area contributed by atoms with Gasteiger partial charge in [-0.1, -0.05) is 34.4 Å². The van der Waals surface area contributed by atoms with Gasteiger partial charge in [0.2, 0.25) is 5.76 Å². The number of esters is 1. The highest BCUT2D eigenvalue weighted by Gasteiger charge is 2.11. The summed E-state index contributed by atoms with van der Waals surface area (Å²) >= 11 is 11.9. The Morgan fingerprint density at radius 3 is 2.73 bits per heavy atom. The number of furan rings is 1. The van der Waals surface area contributed by atoms with E-state index in [1.54, 1.807) is 31.2 Å². The molecule has 0 aliphatic carbocycles. The van der Waals surface area contributed by atoms with Gasteiger partial charge in [0.15, 0.2) is 6.61 Å². The predicted molar refractivity (Wildman–Crippen MR) is 83.5 cm³/mol. The zero-order valence-corrected chi connectivity index (χ0v) is 13.4. The van der Waals surface area contributed by atoms with Crippen LogP contribution in [0.25, 0.3) is 0 Å². The van der Waals surface area contributed by atoms with E-state index >= 15 is 0 Å². The van der Waals surface area contributed by atoms with E-state index in [1.807, 2.05) is 0 Å². The molecule has 0 saturated heterocycles. The molecule has 0 amide bonds. The molecule has 0 aliphatic rings. The third-order valence-corrected chi connectivity index (χ3v) is 3.33. The van der Waals surface area contributed by atoms with Crippen LogP contribution in [0, 0.1) is 0 Å². The number of carbonyl (C=O) groups excluding carboxylic acids is 1. The molecular weight excluding hydrogens is 329 g/mol. The largest absolute Gasteiger partial charge is 0.463 e. The molecule has 116 valence electrons. The first kappa shape index (κ1) is 16.4. The number of oxime groups is 1. The third kappa shape index (κ3) is 4.02. The van der Waals surface area contributed by atoms with Crippen molar-refractivity contribution in [2.45, 2.75) is 13.5 Å². The Morgan fingerprint density at radius 2 is 2.05 bits per heavy atom. The summed E-state index contributed by atoms with van der Waals surface area (Å²) in [6.45, 7) is 1.84. The highest BCUT2D eigenvalue weighted by molar-refractivity contribution is 6.36. The molecule has 0 aliphatic heterocycles. The van der Waals surface area contributed by atoms with E-state index in [-0.39, 0.29) is 12.4 Å². The first-order valence-corrected chi connectivity index (χ1v) is 7.06. The Labute approximate surface area is 137 Å². The van der Waals surface area contributed by atoms with Crippen LogP contribution in [-0.4, -0.2) is 18.8 Å². The summed E-state index contributed by atoms with van der Waals surface area (Å²) in [5, 5.41) is 5.01. The minimum atomic E-state index is -0.543. The zero-order valence-electron chi connectivity index (χ0n) is 11.9. The number of halogens is 2. The minimum Gasteiger partial charge on any atom is -0.463 e. The van der Waals surface area contributed by atoms with Crippen LogP contribution in [0.3, 0.4) is 0 Å². The first-order valence-electron chi connectivity index (χ1n) is 6.30. The van der Waals surface area contributed by atoms with Crippen molar-refractivity contribution in [3.63, 3.8) is 0 Å². The number of methoxy groups -OCH3 is 1. The molecule has 0 radical (unpaired) electrons. The molecule has 0 N–H and O–H groups in total. The van der Waals surface area contributed by atoms with Crippen molar-refractivity contribution < 1.29 is 18.8 Å². The minimum absolute atomic E-state index is 0.0829. The van der Waals surface area contributed by atoms with Crippen LogP contribution < -0.4 is 0 Å². The van der Waals surface area contributed by atoms with Gasteiger partial charge in [-0.05, 0) is 31.2 Å². The number of nitrogens with zero attached hydrogens (tertiary/aromatic N) is 1. The summed E-state index contributed by atoms with van der Waals surface area (Å²) in [4.78, 5) is 16.4. The molecule has 1 aromatic heterocycles. The van der Waals surface area contributed by atoms with Gasteiger partial charge in [-0.25, -0.2) is 4.79 Å². The van der Waals surface area contributed by atoms with Crippen LogP contribution in [-0.2, 0) is 16.2 Å². The lowest BCUT2D eigenvalue weighted by molar-refractivity contribution is 0.0553. The van der Waals surface area contributed by atoms with E-state index in [4.69, 9.17) is 32.5 Å². The molecule has 5 nitrogen and oxygen atoms in total. The van der Waals surface area contributed by atoms with Crippen molar-refractivity contribution in [2.24, 2.45) is 5.16 Å². The van der Waals surface area contributed by atoms with Gasteiger partial charge in [-0.2, -0.15) is 0 Å². The second-order valence-electron chi connectivity index (χ2n) is 4.33. The van der Waals surface area contributed by atoms with Gasteiger partial charge in [0.25, 0.3) is 0 Å². The first-order chi connectivity index (χ1) is 10.5. The molecule has 1 aromatic carbocycles. The van der Waals surface area contributed by atoms with Crippen molar-refractivity contribution in [1.82, 2.24) is 0 Å². The van der Waals surface area contributed by atoms with Gasteiger partial charge >= 0.3 is 5.97 Å². The third-order valence-electron chi connectivity index (χ3n) is 2.78. The fraction of sp³-hybridized carbons (Fsp3) is 0.200. The molecule has 7 heteroatoms. The van der Waals surface area contributed by atoms with Crippen LogP contribution in [0.4, 0.5) is 0 Å². The normalized spacial score (nSPS) is 11.4. The van der Waals surface area contributed by atoms with Crippen molar-refractivity contribution in [3.05, 3.63) is 57.5 Å². The van der Waals surface area contributed by atoms with Crippen LogP contribution >= 0.6 is 23.2 Å². The number of hydrogen-bond acceptors (Lipinski definition) is 5. The van der Waals surface area contributed by atoms with Crippen molar-refractivity contribution in [2.75, 3.05) is 7.11 Å². The van der Waals surface area contributed by atoms with E-state index < -0.39 is 5.97 Å². The molecule has 2 rings (SSSR count). The lowest BCUT2D eigenvalue weighted by Crippen LogP contribution is -1.99. The van der Waals surface area contributed by atoms with Gasteiger partial charge in [0.1, 0.15) is 5.76 Å². The zero-order chi connectivity index (χ0) is 16.1. The molecule has 0 spiro atoms. The second-order valence-corrected chi connectivity index (χ2v) is 5.18. The molecule has 22 heavy (non-hydrogen) atoms. The Bertz CT molecular complexity index is 709. The SMILES string of the molecule is COC(=O)c1ccc(CO/N=C(\C)c2ccc(Cl)cc2Cl)o1. The monoisotopic (exact) mass is 341 g/mol. The summed E-state index contributed by atoms with van der Waals surface area (Å²) in [7, 11) is 1.28. The van der Waals surface area contributed by atoms with E-state index in [9.17, 15) is 4.79 Å². The van der Waals surface area contributed by atoms with E-state index in [0.29, 0.717) is 21.5 Å². The Balaban J connectivity index is 1.99. The maximum atomic E-state index is 11.2. The second kappa shape index (κ2) is 7.33. The van der Waals surface area contributed by atoms with Gasteiger partial charge in [-0.15, -0.1) is 0 Å². The van der Waals surface area contributed by atoms with Crippen LogP contribution in [0.2, 0.25) is 10.0 Å². The van der Waals surface area contributed by atoms with Gasteiger partial charge < -0.3 is 14.0 Å². The number of ether oxygens (including phenoxy) is 1. The molecule has 1 heterocycles. The predicted octanol–water partition coefficient (Wildman–Crippen LogP) is 4.31. The fourth-order valence-electron chi connectivity index (χ4n) is 1.69. The number of rotatable bonds is 5. The number of benzene rings is 1. The van der Waals surface area contributed by atoms with E-state index in [2.05, 4.69) is 9.89 Å². The van der Waals surface area contributed by atoms with Gasteiger partial charge in [-0.3, -0.25) is 0 Å². The van der Waals surface area contributed by atoms with Gasteiger partial charge in [0, 0.05) is 10.6 Å². The maximum absolute atomic E-state index is 11.2. The van der Waals surface area contributed by atoms with Gasteiger partial charge in [0.05, 0.1) is 17.8 Å². The maximum Gasteiger partial charge on any atom is 0.373 e. The Hall–Kier alpha value is -1.98. The quantitative estimate of drug-likeness (QED) is 0.461.